The van der Waals surface area contributed by atoms with Crippen LogP contribution in [0.3, 0.4) is 0 Å². The summed E-state index contributed by atoms with van der Waals surface area (Å²) < 4.78 is 30.4. The number of ether oxygens (including phenoxy) is 5. The molecule has 0 spiro atoms. The van der Waals surface area contributed by atoms with Crippen LogP contribution >= 0.6 is 11.8 Å². The zero-order valence-electron chi connectivity index (χ0n) is 45.0. The molecule has 2 N–H and O–H groups in total. The normalized spacial score (nSPS) is 12.4. The number of nitrogens with one attached hydrogen (secondary N) is 2. The van der Waals surface area contributed by atoms with E-state index < -0.39 is 0 Å². The van der Waals surface area contributed by atoms with Crippen molar-refractivity contribution >= 4 is 46.6 Å². The summed E-state index contributed by atoms with van der Waals surface area (Å²) in [4.78, 5) is 33.2. The summed E-state index contributed by atoms with van der Waals surface area (Å²) in [7, 11) is 3.28. The molecule has 12 heteroatoms. The van der Waals surface area contributed by atoms with Gasteiger partial charge in [-0.25, -0.2) is 0 Å². The van der Waals surface area contributed by atoms with Gasteiger partial charge in [-0.2, -0.15) is 11.8 Å². The van der Waals surface area contributed by atoms with Crippen molar-refractivity contribution in [1.82, 2.24) is 5.32 Å². The van der Waals surface area contributed by atoms with E-state index in [-0.39, 0.29) is 35.4 Å². The smallest absolute Gasteiger partial charge is 0.163 e. The van der Waals surface area contributed by atoms with E-state index in [1.807, 2.05) is 43.1 Å². The lowest BCUT2D eigenvalue weighted by atomic mass is 9.97. The fraction of sp³-hybridized carbons (Fsp3) is 0.450. The van der Waals surface area contributed by atoms with Gasteiger partial charge < -0.3 is 39.2 Å². The SMILES string of the molecule is COCCNCCOCCN(CC(C)(C)SC)c1cc(COc2cc(NC[C@@H](C)Cc3ccccc3C)c(C(C)=O)cc2C)cc(COc2cc(N=CC(C)Cc3ccccc3C)c(C(C)=O)cc2OC)c1. The number of hydrogen-bond donors (Lipinski definition) is 2. The third kappa shape index (κ3) is 17.8. The summed E-state index contributed by atoms with van der Waals surface area (Å²) in [6, 6.07) is 30.7. The Morgan fingerprint density at radius 3 is 1.97 bits per heavy atom. The van der Waals surface area contributed by atoms with Crippen LogP contribution < -0.4 is 29.7 Å². The van der Waals surface area contributed by atoms with Gasteiger partial charge in [0.1, 0.15) is 19.0 Å². The second kappa shape index (κ2) is 28.5. The Morgan fingerprint density at radius 2 is 1.36 bits per heavy atom. The molecule has 0 aromatic heterocycles. The van der Waals surface area contributed by atoms with Gasteiger partial charge in [-0.15, -0.1) is 0 Å². The molecule has 5 aromatic rings. The van der Waals surface area contributed by atoms with Crippen molar-refractivity contribution in [3.05, 3.63) is 141 Å². The highest BCUT2D eigenvalue weighted by Crippen LogP contribution is 2.37. The number of hydrogen-bond acceptors (Lipinski definition) is 12. The molecule has 1 unspecified atom stereocenters. The average molecular weight is 1000 g/mol. The zero-order chi connectivity index (χ0) is 52.2. The molecular formula is C60H80N4O7S. The lowest BCUT2D eigenvalue weighted by molar-refractivity contribution is 0.100. The highest BCUT2D eigenvalue weighted by atomic mass is 32.2. The average Bonchev–Trinajstić information content (AvgIpc) is 3.35. The highest BCUT2D eigenvalue weighted by Gasteiger charge is 2.23. The van der Waals surface area contributed by atoms with Crippen LogP contribution in [0.2, 0.25) is 0 Å². The minimum atomic E-state index is -0.114. The van der Waals surface area contributed by atoms with Crippen LogP contribution in [0.1, 0.15) is 101 Å². The summed E-state index contributed by atoms with van der Waals surface area (Å²) in [5, 5.41) is 6.95. The predicted molar refractivity (Wildman–Crippen MR) is 299 cm³/mol. The molecule has 0 bridgehead atoms. The van der Waals surface area contributed by atoms with Crippen molar-refractivity contribution in [1.29, 1.82) is 0 Å². The Balaban J connectivity index is 1.45. The largest absolute Gasteiger partial charge is 0.493 e. The zero-order valence-corrected chi connectivity index (χ0v) is 45.9. The van der Waals surface area contributed by atoms with E-state index in [4.69, 9.17) is 28.7 Å². The molecular weight excluding hydrogens is 921 g/mol. The Labute approximate surface area is 434 Å². The van der Waals surface area contributed by atoms with Gasteiger partial charge >= 0.3 is 0 Å². The van der Waals surface area contributed by atoms with Gasteiger partial charge in [-0.05, 0) is 149 Å². The van der Waals surface area contributed by atoms with Crippen LogP contribution in [0.5, 0.6) is 17.2 Å². The van der Waals surface area contributed by atoms with Gasteiger partial charge in [0.15, 0.2) is 23.1 Å². The monoisotopic (exact) mass is 1000 g/mol. The third-order valence-corrected chi connectivity index (χ3v) is 14.1. The van der Waals surface area contributed by atoms with E-state index in [2.05, 4.69) is 124 Å². The molecule has 0 aliphatic heterocycles. The molecule has 0 amide bonds. The maximum Gasteiger partial charge on any atom is 0.163 e. The third-order valence-electron chi connectivity index (χ3n) is 12.8. The number of ketones is 2. The van der Waals surface area contributed by atoms with E-state index in [0.29, 0.717) is 72.9 Å². The molecule has 0 aliphatic carbocycles. The van der Waals surface area contributed by atoms with Crippen molar-refractivity contribution in [3.63, 3.8) is 0 Å². The number of methoxy groups -OCH3 is 2. The number of carbonyl (C=O) groups is 2. The van der Waals surface area contributed by atoms with Gasteiger partial charge in [-0.3, -0.25) is 14.6 Å². The predicted octanol–water partition coefficient (Wildman–Crippen LogP) is 12.3. The van der Waals surface area contributed by atoms with Crippen molar-refractivity contribution in [3.8, 4) is 17.2 Å². The second-order valence-corrected chi connectivity index (χ2v) is 21.1. The number of anilines is 2. The Kier molecular flexibility index (Phi) is 22.7. The van der Waals surface area contributed by atoms with Gasteiger partial charge in [-0.1, -0.05) is 62.4 Å². The quantitative estimate of drug-likeness (QED) is 0.0251. The lowest BCUT2D eigenvalue weighted by Crippen LogP contribution is -2.39. The summed E-state index contributed by atoms with van der Waals surface area (Å²) in [6.45, 7) is 24.1. The molecule has 2 atom stereocenters. The summed E-state index contributed by atoms with van der Waals surface area (Å²) in [5.41, 5.74) is 11.3. The molecule has 0 heterocycles. The lowest BCUT2D eigenvalue weighted by Gasteiger charge is -2.34. The van der Waals surface area contributed by atoms with Gasteiger partial charge in [0.2, 0.25) is 0 Å². The second-order valence-electron chi connectivity index (χ2n) is 19.6. The molecule has 5 aromatic carbocycles. The standard InChI is InChI=1S/C60H80N4O7S/c1-41(27-50-19-15-13-17-43(50)3)36-62-55-34-57(45(5)29-53(55)46(6)65)70-38-48-30-49(32-52(31-48)64(40-60(8,9)72-12)23-26-69-25-22-61-21-24-67-10)39-71-59-35-56(54(47(7)66)33-58(59)68-11)63-37-42(2)28-51-20-16-14-18-44(51)4/h13-20,29-35,37,41-42,61-62H,21-28,36,38-40H2,1-12H3/t41-,42?/m0/s1. The van der Waals surface area contributed by atoms with Crippen LogP contribution in [0.25, 0.3) is 0 Å². The maximum atomic E-state index is 13.0. The number of benzene rings is 5. The number of carbonyl (C=O) groups excluding carboxylic acids is 2. The number of aryl methyl sites for hydroxylation is 3. The molecule has 0 fully saturated rings. The van der Waals surface area contributed by atoms with Crippen LogP contribution in [0.4, 0.5) is 17.1 Å². The molecule has 388 valence electrons. The fourth-order valence-corrected chi connectivity index (χ4v) is 8.75. The summed E-state index contributed by atoms with van der Waals surface area (Å²) >= 11 is 1.82. The Bertz CT molecular complexity index is 2580. The van der Waals surface area contributed by atoms with Gasteiger partial charge in [0, 0.05) is 85.4 Å². The number of Topliss-reactive ketones (excluding diaryl/α,β-unsaturated/α-hetero) is 2. The maximum absolute atomic E-state index is 13.0. The van der Waals surface area contributed by atoms with Crippen molar-refractivity contribution in [2.75, 3.05) is 83.2 Å². The minimum absolute atomic E-state index is 0.00480. The summed E-state index contributed by atoms with van der Waals surface area (Å²) in [6.07, 6.45) is 5.81. The molecule has 72 heavy (non-hydrogen) atoms. The topological polar surface area (TPSA) is 120 Å². The summed E-state index contributed by atoms with van der Waals surface area (Å²) in [5.74, 6) is 1.95. The van der Waals surface area contributed by atoms with Gasteiger partial charge in [0.05, 0.1) is 32.6 Å². The Morgan fingerprint density at radius 1 is 0.736 bits per heavy atom. The van der Waals surface area contributed by atoms with Crippen molar-refractivity contribution in [2.45, 2.75) is 93.1 Å². The molecule has 0 aliphatic rings. The van der Waals surface area contributed by atoms with Crippen LogP contribution in [-0.4, -0.2) is 95.5 Å². The van der Waals surface area contributed by atoms with Crippen LogP contribution in [0.15, 0.2) is 96.0 Å². The first-order valence-electron chi connectivity index (χ1n) is 25.2. The number of nitrogens with zero attached hydrogens (tertiary/aromatic N) is 2. The Hall–Kier alpha value is -5.66. The number of rotatable bonds is 31. The van der Waals surface area contributed by atoms with Crippen LogP contribution in [-0.2, 0) is 35.5 Å². The number of thioether (sulfide) groups is 1. The van der Waals surface area contributed by atoms with Gasteiger partial charge in [0.25, 0.3) is 0 Å². The van der Waals surface area contributed by atoms with Crippen molar-refractivity contribution < 1.29 is 33.3 Å². The minimum Gasteiger partial charge on any atom is -0.493 e. The molecule has 0 saturated heterocycles. The van der Waals surface area contributed by atoms with E-state index in [1.165, 1.54) is 22.3 Å². The fourth-order valence-electron chi connectivity index (χ4n) is 8.47. The van der Waals surface area contributed by atoms with Crippen molar-refractivity contribution in [2.24, 2.45) is 16.8 Å². The molecule has 0 radical (unpaired) electrons. The first-order valence-corrected chi connectivity index (χ1v) is 26.4. The first kappa shape index (κ1) is 57.2. The molecule has 11 nitrogen and oxygen atoms in total. The van der Waals surface area contributed by atoms with E-state index >= 15 is 0 Å². The molecule has 5 rings (SSSR count). The van der Waals surface area contributed by atoms with E-state index in [9.17, 15) is 9.59 Å². The highest BCUT2D eigenvalue weighted by molar-refractivity contribution is 7.99. The van der Waals surface area contributed by atoms with E-state index in [1.54, 1.807) is 40.2 Å². The first-order chi connectivity index (χ1) is 34.5. The molecule has 0 saturated carbocycles. The van der Waals surface area contributed by atoms with Crippen LogP contribution in [0, 0.1) is 32.6 Å². The number of aliphatic imine (C=N–C) groups is 1. The van der Waals surface area contributed by atoms with E-state index in [0.717, 1.165) is 60.5 Å².